The molecule has 0 aromatic carbocycles. The number of unbranched alkanes of at least 4 members (excludes halogenated alkanes) is 8. The molecule has 0 heterocycles. The van der Waals surface area contributed by atoms with Crippen LogP contribution in [0.1, 0.15) is 111 Å². The topological polar surface area (TPSA) is 52.6 Å². The molecule has 0 saturated carbocycles. The van der Waals surface area contributed by atoms with Crippen LogP contribution in [0, 0.1) is 5.92 Å². The van der Waals surface area contributed by atoms with Gasteiger partial charge in [-0.25, -0.2) is 0 Å². The van der Waals surface area contributed by atoms with E-state index in [0.717, 1.165) is 25.7 Å². The molecule has 0 amide bonds. The van der Waals surface area contributed by atoms with Crippen molar-refractivity contribution in [2.45, 2.75) is 117 Å². The van der Waals surface area contributed by atoms with Crippen molar-refractivity contribution in [3.63, 3.8) is 0 Å². The summed E-state index contributed by atoms with van der Waals surface area (Å²) in [5.41, 5.74) is 0. The molecule has 0 bridgehead atoms. The Morgan fingerprint density at radius 2 is 1.27 bits per heavy atom. The molecular weight excluding hydrogens is 328 g/mol. The van der Waals surface area contributed by atoms with E-state index in [1.54, 1.807) is 0 Å². The molecular formula is C22H42O4. The van der Waals surface area contributed by atoms with Gasteiger partial charge < -0.3 is 9.47 Å². The van der Waals surface area contributed by atoms with Gasteiger partial charge in [0.1, 0.15) is 0 Å². The Morgan fingerprint density at radius 3 is 1.85 bits per heavy atom. The van der Waals surface area contributed by atoms with Crippen LogP contribution < -0.4 is 0 Å². The van der Waals surface area contributed by atoms with Gasteiger partial charge in [0.25, 0.3) is 0 Å². The molecule has 0 spiro atoms. The lowest BCUT2D eigenvalue weighted by Gasteiger charge is -2.14. The van der Waals surface area contributed by atoms with Crippen LogP contribution in [0.15, 0.2) is 0 Å². The minimum atomic E-state index is -0.304. The summed E-state index contributed by atoms with van der Waals surface area (Å²) >= 11 is 0. The van der Waals surface area contributed by atoms with Gasteiger partial charge in [0.15, 0.2) is 0 Å². The number of carbonyl (C=O) groups excluding carboxylic acids is 2. The number of rotatable bonds is 17. The van der Waals surface area contributed by atoms with Crippen LogP contribution >= 0.6 is 0 Å². The molecule has 1 unspecified atom stereocenters. The average Bonchev–Trinajstić information content (AvgIpc) is 2.59. The van der Waals surface area contributed by atoms with Gasteiger partial charge in [0.05, 0.1) is 25.6 Å². The molecule has 0 aliphatic rings. The van der Waals surface area contributed by atoms with E-state index in [1.165, 1.54) is 44.9 Å². The largest absolute Gasteiger partial charge is 0.466 e. The second kappa shape index (κ2) is 17.4. The van der Waals surface area contributed by atoms with Crippen molar-refractivity contribution in [1.29, 1.82) is 0 Å². The quantitative estimate of drug-likeness (QED) is 0.226. The average molecular weight is 371 g/mol. The zero-order valence-corrected chi connectivity index (χ0v) is 17.7. The summed E-state index contributed by atoms with van der Waals surface area (Å²) < 4.78 is 10.5. The summed E-state index contributed by atoms with van der Waals surface area (Å²) in [5, 5.41) is 0. The summed E-state index contributed by atoms with van der Waals surface area (Å²) in [6.07, 6.45) is 13.2. The molecule has 0 N–H and O–H groups in total. The van der Waals surface area contributed by atoms with Crippen LogP contribution in [0.5, 0.6) is 0 Å². The molecule has 0 aromatic heterocycles. The lowest BCUT2D eigenvalue weighted by Crippen LogP contribution is -2.17. The summed E-state index contributed by atoms with van der Waals surface area (Å²) in [5.74, 6) is 0.00446. The van der Waals surface area contributed by atoms with Crippen LogP contribution in [-0.4, -0.2) is 24.6 Å². The van der Waals surface area contributed by atoms with E-state index in [0.29, 0.717) is 12.5 Å². The smallest absolute Gasteiger partial charge is 0.306 e. The number of esters is 2. The first kappa shape index (κ1) is 24.9. The zero-order valence-electron chi connectivity index (χ0n) is 17.7. The van der Waals surface area contributed by atoms with E-state index in [4.69, 9.17) is 9.47 Å². The van der Waals surface area contributed by atoms with Gasteiger partial charge in [0, 0.05) is 0 Å². The molecule has 0 saturated heterocycles. The van der Waals surface area contributed by atoms with Crippen molar-refractivity contribution in [3.8, 4) is 0 Å². The van der Waals surface area contributed by atoms with E-state index in [2.05, 4.69) is 20.8 Å². The Morgan fingerprint density at radius 1 is 0.731 bits per heavy atom. The molecule has 0 rings (SSSR count). The second-order valence-electron chi connectivity index (χ2n) is 7.82. The Hall–Kier alpha value is -1.06. The highest BCUT2D eigenvalue weighted by Gasteiger charge is 2.13. The lowest BCUT2D eigenvalue weighted by atomic mass is 10.1. The molecule has 154 valence electrons. The molecule has 1 atom stereocenters. The minimum absolute atomic E-state index is 0.0807. The Labute approximate surface area is 161 Å². The number of ether oxygens (including phenoxy) is 2. The third-order valence-electron chi connectivity index (χ3n) is 4.53. The predicted octanol–water partition coefficient (Wildman–Crippen LogP) is 6.21. The normalized spacial score (nSPS) is 12.2. The van der Waals surface area contributed by atoms with E-state index in [-0.39, 0.29) is 30.9 Å². The molecule has 0 aliphatic heterocycles. The van der Waals surface area contributed by atoms with Crippen molar-refractivity contribution in [1.82, 2.24) is 0 Å². The van der Waals surface area contributed by atoms with E-state index in [9.17, 15) is 9.59 Å². The number of hydrogen-bond acceptors (Lipinski definition) is 4. The van der Waals surface area contributed by atoms with Crippen LogP contribution in [0.4, 0.5) is 0 Å². The Balaban J connectivity index is 3.47. The SMILES string of the molecule is CCCCCCCCCCCOC(=O)CCC(=O)OC(C)CCC(C)C. The minimum Gasteiger partial charge on any atom is -0.466 e. The van der Waals surface area contributed by atoms with Crippen LogP contribution in [0.25, 0.3) is 0 Å². The molecule has 0 fully saturated rings. The predicted molar refractivity (Wildman–Crippen MR) is 107 cm³/mol. The lowest BCUT2D eigenvalue weighted by molar-refractivity contribution is -0.153. The molecule has 0 aromatic rings. The van der Waals surface area contributed by atoms with E-state index >= 15 is 0 Å². The van der Waals surface area contributed by atoms with Crippen molar-refractivity contribution in [2.75, 3.05) is 6.61 Å². The first-order valence-corrected chi connectivity index (χ1v) is 10.8. The van der Waals surface area contributed by atoms with Crippen LogP contribution in [0.2, 0.25) is 0 Å². The fourth-order valence-corrected chi connectivity index (χ4v) is 2.79. The van der Waals surface area contributed by atoms with Crippen molar-refractivity contribution >= 4 is 11.9 Å². The van der Waals surface area contributed by atoms with Gasteiger partial charge in [-0.15, -0.1) is 0 Å². The first-order valence-electron chi connectivity index (χ1n) is 10.8. The summed E-state index contributed by atoms with van der Waals surface area (Å²) in [7, 11) is 0. The second-order valence-corrected chi connectivity index (χ2v) is 7.82. The van der Waals surface area contributed by atoms with Crippen molar-refractivity contribution < 1.29 is 19.1 Å². The van der Waals surface area contributed by atoms with E-state index < -0.39 is 0 Å². The maximum absolute atomic E-state index is 11.7. The molecule has 26 heavy (non-hydrogen) atoms. The molecule has 4 nitrogen and oxygen atoms in total. The molecule has 0 aliphatic carbocycles. The molecule has 4 heteroatoms. The van der Waals surface area contributed by atoms with Gasteiger partial charge in [-0.3, -0.25) is 9.59 Å². The van der Waals surface area contributed by atoms with Crippen LogP contribution in [0.3, 0.4) is 0 Å². The third kappa shape index (κ3) is 17.8. The number of carbonyl (C=O) groups is 2. The molecule has 0 radical (unpaired) electrons. The standard InChI is InChI=1S/C22H42O4/c1-5-6-7-8-9-10-11-12-13-18-25-21(23)16-17-22(24)26-20(4)15-14-19(2)3/h19-20H,5-18H2,1-4H3. The maximum atomic E-state index is 11.7. The van der Waals surface area contributed by atoms with Gasteiger partial charge in [-0.2, -0.15) is 0 Å². The summed E-state index contributed by atoms with van der Waals surface area (Å²) in [6.45, 7) is 8.91. The van der Waals surface area contributed by atoms with Gasteiger partial charge in [0.2, 0.25) is 0 Å². The monoisotopic (exact) mass is 370 g/mol. The Kier molecular flexibility index (Phi) is 16.7. The van der Waals surface area contributed by atoms with Gasteiger partial charge >= 0.3 is 11.9 Å². The number of hydrogen-bond donors (Lipinski definition) is 0. The highest BCUT2D eigenvalue weighted by atomic mass is 16.5. The maximum Gasteiger partial charge on any atom is 0.306 e. The fourth-order valence-electron chi connectivity index (χ4n) is 2.79. The highest BCUT2D eigenvalue weighted by Crippen LogP contribution is 2.11. The van der Waals surface area contributed by atoms with Crippen molar-refractivity contribution in [3.05, 3.63) is 0 Å². The highest BCUT2D eigenvalue weighted by molar-refractivity contribution is 5.77. The van der Waals surface area contributed by atoms with Crippen LogP contribution in [-0.2, 0) is 19.1 Å². The summed E-state index contributed by atoms with van der Waals surface area (Å²) in [6, 6.07) is 0. The third-order valence-corrected chi connectivity index (χ3v) is 4.53. The van der Waals surface area contributed by atoms with E-state index in [1.807, 2.05) is 6.92 Å². The van der Waals surface area contributed by atoms with Crippen molar-refractivity contribution in [2.24, 2.45) is 5.92 Å². The Bertz CT molecular complexity index is 352. The summed E-state index contributed by atoms with van der Waals surface area (Å²) in [4.78, 5) is 23.4. The van der Waals surface area contributed by atoms with Gasteiger partial charge in [-0.05, 0) is 32.1 Å². The zero-order chi connectivity index (χ0) is 19.6. The fraction of sp³-hybridized carbons (Fsp3) is 0.909. The van der Waals surface area contributed by atoms with Gasteiger partial charge in [-0.1, -0.05) is 72.1 Å². The first-order chi connectivity index (χ1) is 12.5.